The monoisotopic (exact) mass is 392 g/mol. The number of thiazole rings is 1. The number of hydrogen-bond donors (Lipinski definition) is 1. The first kappa shape index (κ1) is 17.9. The molecule has 1 heterocycles. The fraction of sp³-hybridized carbons (Fsp3) is 0.111. The average molecular weight is 393 g/mol. The van der Waals surface area contributed by atoms with Crippen molar-refractivity contribution in [2.75, 3.05) is 5.32 Å². The van der Waals surface area contributed by atoms with Crippen LogP contribution in [0.1, 0.15) is 6.92 Å². The molecule has 0 aliphatic heterocycles. The van der Waals surface area contributed by atoms with E-state index in [2.05, 4.69) is 10.3 Å². The third-order valence-corrected chi connectivity index (χ3v) is 5.49. The Hall–Kier alpha value is -1.89. The first-order valence-electron chi connectivity index (χ1n) is 7.46. The molecule has 128 valence electrons. The minimum Gasteiger partial charge on any atom is -0.301 e. The van der Waals surface area contributed by atoms with Crippen molar-refractivity contribution >= 4 is 45.7 Å². The summed E-state index contributed by atoms with van der Waals surface area (Å²) in [5.74, 6) is -0.416. The number of rotatable bonds is 5. The van der Waals surface area contributed by atoms with Gasteiger partial charge in [0.15, 0.2) is 5.13 Å². The highest BCUT2D eigenvalue weighted by Crippen LogP contribution is 2.28. The van der Waals surface area contributed by atoms with Gasteiger partial charge in [0.25, 0.3) is 0 Å². The Labute approximate surface area is 158 Å². The van der Waals surface area contributed by atoms with Crippen LogP contribution in [0, 0.1) is 5.82 Å². The summed E-state index contributed by atoms with van der Waals surface area (Å²) >= 11 is 8.65. The highest BCUT2D eigenvalue weighted by Gasteiger charge is 2.16. The summed E-state index contributed by atoms with van der Waals surface area (Å²) < 4.78 is 13.0. The standard InChI is InChI=1S/C18H14ClFN2OS2/c1-11(25-15-8-4-13(19)5-9-15)17(23)22-18-21-16(10-24-18)12-2-6-14(20)7-3-12/h2-11H,1H3,(H,21,22,23). The molecule has 7 heteroatoms. The number of anilines is 1. The average Bonchev–Trinajstić information content (AvgIpc) is 3.06. The lowest BCUT2D eigenvalue weighted by atomic mass is 10.2. The molecule has 2 aromatic carbocycles. The largest absolute Gasteiger partial charge is 0.301 e. The van der Waals surface area contributed by atoms with Crippen LogP contribution in [0.2, 0.25) is 5.02 Å². The van der Waals surface area contributed by atoms with Crippen LogP contribution in [0.15, 0.2) is 58.8 Å². The predicted octanol–water partition coefficient (Wildman–Crippen LogP) is 5.72. The van der Waals surface area contributed by atoms with E-state index < -0.39 is 0 Å². The minimum absolute atomic E-state index is 0.125. The number of hydrogen-bond acceptors (Lipinski definition) is 4. The van der Waals surface area contributed by atoms with Crippen molar-refractivity contribution < 1.29 is 9.18 Å². The molecule has 1 atom stereocenters. The van der Waals surface area contributed by atoms with E-state index in [1.165, 1.54) is 35.2 Å². The first-order chi connectivity index (χ1) is 12.0. The zero-order valence-corrected chi connectivity index (χ0v) is 15.6. The maximum Gasteiger partial charge on any atom is 0.239 e. The summed E-state index contributed by atoms with van der Waals surface area (Å²) in [4.78, 5) is 17.7. The molecule has 1 unspecified atom stereocenters. The van der Waals surface area contributed by atoms with E-state index in [1.807, 2.05) is 24.4 Å². The van der Waals surface area contributed by atoms with E-state index in [1.54, 1.807) is 24.3 Å². The fourth-order valence-corrected chi connectivity index (χ4v) is 3.78. The molecule has 0 bridgehead atoms. The maximum absolute atomic E-state index is 13.0. The summed E-state index contributed by atoms with van der Waals surface area (Å²) in [5.41, 5.74) is 1.51. The lowest BCUT2D eigenvalue weighted by Gasteiger charge is -2.10. The second kappa shape index (κ2) is 7.99. The zero-order chi connectivity index (χ0) is 17.8. The molecule has 0 fully saturated rings. The van der Waals surface area contributed by atoms with Crippen LogP contribution >= 0.6 is 34.7 Å². The molecule has 3 nitrogen and oxygen atoms in total. The number of halogens is 2. The molecule has 3 aromatic rings. The Morgan fingerprint density at radius 1 is 1.20 bits per heavy atom. The van der Waals surface area contributed by atoms with E-state index in [0.717, 1.165) is 10.5 Å². The summed E-state index contributed by atoms with van der Waals surface area (Å²) in [6.45, 7) is 1.84. The van der Waals surface area contributed by atoms with Gasteiger partial charge in [-0.05, 0) is 55.5 Å². The first-order valence-corrected chi connectivity index (χ1v) is 9.59. The van der Waals surface area contributed by atoms with Crippen molar-refractivity contribution in [2.45, 2.75) is 17.1 Å². The molecular weight excluding hydrogens is 379 g/mol. The zero-order valence-electron chi connectivity index (χ0n) is 13.2. The van der Waals surface area contributed by atoms with Crippen molar-refractivity contribution in [3.8, 4) is 11.3 Å². The Kier molecular flexibility index (Phi) is 5.73. The smallest absolute Gasteiger partial charge is 0.239 e. The van der Waals surface area contributed by atoms with Gasteiger partial charge in [-0.3, -0.25) is 4.79 Å². The summed E-state index contributed by atoms with van der Waals surface area (Å²) in [5, 5.41) is 5.56. The third-order valence-electron chi connectivity index (χ3n) is 3.37. The lowest BCUT2D eigenvalue weighted by molar-refractivity contribution is -0.115. The molecule has 0 aliphatic rings. The number of carbonyl (C=O) groups is 1. The number of benzene rings is 2. The van der Waals surface area contributed by atoms with E-state index in [9.17, 15) is 9.18 Å². The Balaban J connectivity index is 1.62. The Morgan fingerprint density at radius 2 is 1.88 bits per heavy atom. The highest BCUT2D eigenvalue weighted by molar-refractivity contribution is 8.00. The van der Waals surface area contributed by atoms with Crippen LogP contribution in [0.5, 0.6) is 0 Å². The van der Waals surface area contributed by atoms with Crippen molar-refractivity contribution in [3.63, 3.8) is 0 Å². The number of nitrogens with zero attached hydrogens (tertiary/aromatic N) is 1. The predicted molar refractivity (Wildman–Crippen MR) is 103 cm³/mol. The van der Waals surface area contributed by atoms with Crippen molar-refractivity contribution in [1.29, 1.82) is 0 Å². The highest BCUT2D eigenvalue weighted by atomic mass is 35.5. The maximum atomic E-state index is 13.0. The molecule has 0 spiro atoms. The second-order valence-corrected chi connectivity index (χ2v) is 7.96. The van der Waals surface area contributed by atoms with E-state index >= 15 is 0 Å². The molecular formula is C18H14ClFN2OS2. The van der Waals surface area contributed by atoms with Crippen LogP contribution in [0.3, 0.4) is 0 Å². The van der Waals surface area contributed by atoms with Crippen LogP contribution in [0.4, 0.5) is 9.52 Å². The topological polar surface area (TPSA) is 42.0 Å². The van der Waals surface area contributed by atoms with Gasteiger partial charge in [-0.15, -0.1) is 23.1 Å². The van der Waals surface area contributed by atoms with Crippen LogP contribution in [-0.2, 0) is 4.79 Å². The quantitative estimate of drug-likeness (QED) is 0.564. The van der Waals surface area contributed by atoms with Crippen molar-refractivity contribution in [3.05, 3.63) is 64.8 Å². The minimum atomic E-state index is -0.291. The number of aromatic nitrogens is 1. The van der Waals surface area contributed by atoms with Crippen LogP contribution < -0.4 is 5.32 Å². The summed E-state index contributed by atoms with van der Waals surface area (Å²) in [6.07, 6.45) is 0. The van der Waals surface area contributed by atoms with Gasteiger partial charge in [-0.2, -0.15) is 0 Å². The van der Waals surface area contributed by atoms with Gasteiger partial charge >= 0.3 is 0 Å². The van der Waals surface area contributed by atoms with Gasteiger partial charge in [0, 0.05) is 20.9 Å². The number of carbonyl (C=O) groups excluding carboxylic acids is 1. The van der Waals surface area contributed by atoms with Crippen LogP contribution in [-0.4, -0.2) is 16.1 Å². The van der Waals surface area contributed by atoms with E-state index in [-0.39, 0.29) is 17.0 Å². The second-order valence-electron chi connectivity index (χ2n) is 5.25. The molecule has 25 heavy (non-hydrogen) atoms. The van der Waals surface area contributed by atoms with E-state index in [0.29, 0.717) is 15.8 Å². The van der Waals surface area contributed by atoms with Gasteiger partial charge < -0.3 is 5.32 Å². The third kappa shape index (κ3) is 4.81. The molecule has 3 rings (SSSR count). The molecule has 0 aliphatic carbocycles. The molecule has 0 saturated carbocycles. The number of amides is 1. The number of nitrogens with one attached hydrogen (secondary N) is 1. The van der Waals surface area contributed by atoms with Crippen molar-refractivity contribution in [2.24, 2.45) is 0 Å². The number of thioether (sulfide) groups is 1. The molecule has 1 aromatic heterocycles. The SMILES string of the molecule is CC(Sc1ccc(Cl)cc1)C(=O)Nc1nc(-c2ccc(F)cc2)cs1. The van der Waals surface area contributed by atoms with Crippen LogP contribution in [0.25, 0.3) is 11.3 Å². The van der Waals surface area contributed by atoms with Gasteiger partial charge in [0.1, 0.15) is 5.82 Å². The molecule has 0 radical (unpaired) electrons. The lowest BCUT2D eigenvalue weighted by Crippen LogP contribution is -2.22. The van der Waals surface area contributed by atoms with Gasteiger partial charge in [-0.25, -0.2) is 9.37 Å². The Bertz CT molecular complexity index is 866. The normalized spacial score (nSPS) is 12.0. The van der Waals surface area contributed by atoms with Crippen molar-refractivity contribution in [1.82, 2.24) is 4.98 Å². The Morgan fingerprint density at radius 3 is 2.56 bits per heavy atom. The van der Waals surface area contributed by atoms with Gasteiger partial charge in [0.2, 0.25) is 5.91 Å². The van der Waals surface area contributed by atoms with E-state index in [4.69, 9.17) is 11.6 Å². The van der Waals surface area contributed by atoms with Gasteiger partial charge in [0.05, 0.1) is 10.9 Å². The summed E-state index contributed by atoms with van der Waals surface area (Å²) in [6, 6.07) is 13.5. The molecule has 0 saturated heterocycles. The summed E-state index contributed by atoms with van der Waals surface area (Å²) in [7, 11) is 0. The fourth-order valence-electron chi connectivity index (χ4n) is 2.06. The molecule has 1 N–H and O–H groups in total. The van der Waals surface area contributed by atoms with Gasteiger partial charge in [-0.1, -0.05) is 11.6 Å². The molecule has 1 amide bonds.